The molecular formula is C19H17Cl2FN4O. The number of likely N-dealkylation sites (N-methyl/N-ethyl adjacent to an activating group) is 1. The molecule has 2 aromatic carbocycles. The Morgan fingerprint density at radius 2 is 1.85 bits per heavy atom. The van der Waals surface area contributed by atoms with Crippen molar-refractivity contribution in [2.24, 2.45) is 0 Å². The van der Waals surface area contributed by atoms with Crippen LogP contribution in [0.2, 0.25) is 10.0 Å². The van der Waals surface area contributed by atoms with E-state index in [9.17, 15) is 9.18 Å². The van der Waals surface area contributed by atoms with Crippen LogP contribution in [0.1, 0.15) is 10.4 Å². The van der Waals surface area contributed by atoms with Crippen molar-refractivity contribution in [1.82, 2.24) is 10.3 Å². The van der Waals surface area contributed by atoms with Crippen LogP contribution < -0.4 is 16.0 Å². The fraction of sp³-hybridized carbons (Fsp3) is 0.158. The summed E-state index contributed by atoms with van der Waals surface area (Å²) in [4.78, 5) is 17.0. The molecule has 0 aliphatic rings. The Morgan fingerprint density at radius 3 is 2.56 bits per heavy atom. The smallest absolute Gasteiger partial charge is 0.258 e. The van der Waals surface area contributed by atoms with Gasteiger partial charge in [-0.15, -0.1) is 0 Å². The summed E-state index contributed by atoms with van der Waals surface area (Å²) in [5.41, 5.74) is 1.55. The minimum absolute atomic E-state index is 0.126. The molecule has 0 aliphatic carbocycles. The Hall–Kier alpha value is -2.41. The summed E-state index contributed by atoms with van der Waals surface area (Å²) in [6, 6.07) is 9.12. The molecular weight excluding hydrogens is 390 g/mol. The van der Waals surface area contributed by atoms with Crippen LogP contribution in [0.5, 0.6) is 0 Å². The number of rotatable bonds is 6. The summed E-state index contributed by atoms with van der Waals surface area (Å²) >= 11 is 12.2. The van der Waals surface area contributed by atoms with Crippen molar-refractivity contribution < 1.29 is 9.18 Å². The van der Waals surface area contributed by atoms with Gasteiger partial charge in [0.05, 0.1) is 26.8 Å². The van der Waals surface area contributed by atoms with Crippen LogP contribution in [0.3, 0.4) is 0 Å². The maximum absolute atomic E-state index is 14.2. The molecule has 27 heavy (non-hydrogen) atoms. The molecule has 0 atom stereocenters. The summed E-state index contributed by atoms with van der Waals surface area (Å²) in [5.74, 6) is -1.03. The third-order valence-corrected chi connectivity index (χ3v) is 4.57. The van der Waals surface area contributed by atoms with E-state index in [0.717, 1.165) is 12.2 Å². The first kappa shape index (κ1) is 19.4. The molecule has 0 radical (unpaired) electrons. The Balaban J connectivity index is 1.99. The highest BCUT2D eigenvalue weighted by Crippen LogP contribution is 2.31. The fourth-order valence-electron chi connectivity index (χ4n) is 2.69. The normalized spacial score (nSPS) is 10.8. The summed E-state index contributed by atoms with van der Waals surface area (Å²) < 4.78 is 14.2. The molecule has 8 heteroatoms. The zero-order valence-electron chi connectivity index (χ0n) is 14.4. The van der Waals surface area contributed by atoms with Gasteiger partial charge in [0.1, 0.15) is 5.82 Å². The average Bonchev–Trinajstić information content (AvgIpc) is 2.62. The van der Waals surface area contributed by atoms with Crippen LogP contribution in [0.4, 0.5) is 15.8 Å². The number of halogens is 3. The molecule has 3 rings (SSSR count). The lowest BCUT2D eigenvalue weighted by atomic mass is 10.1. The number of anilines is 2. The van der Waals surface area contributed by atoms with Gasteiger partial charge in [-0.2, -0.15) is 0 Å². The van der Waals surface area contributed by atoms with Crippen molar-refractivity contribution in [3.05, 3.63) is 64.0 Å². The van der Waals surface area contributed by atoms with E-state index in [1.54, 1.807) is 30.5 Å². The number of pyridine rings is 1. The fourth-order valence-corrected chi connectivity index (χ4v) is 3.26. The van der Waals surface area contributed by atoms with Crippen molar-refractivity contribution in [1.29, 1.82) is 0 Å². The first-order chi connectivity index (χ1) is 13.0. The molecule has 5 nitrogen and oxygen atoms in total. The molecule has 0 saturated carbocycles. The molecule has 1 aromatic heterocycles. The van der Waals surface area contributed by atoms with Crippen molar-refractivity contribution in [2.75, 3.05) is 30.8 Å². The number of nitrogens with zero attached hydrogens (tertiary/aromatic N) is 1. The van der Waals surface area contributed by atoms with E-state index < -0.39 is 11.7 Å². The number of benzene rings is 2. The summed E-state index contributed by atoms with van der Waals surface area (Å²) in [7, 11) is 1.85. The zero-order valence-corrected chi connectivity index (χ0v) is 16.0. The molecule has 0 aliphatic heterocycles. The Kier molecular flexibility index (Phi) is 6.11. The molecule has 0 fully saturated rings. The number of hydrogen-bond acceptors (Lipinski definition) is 4. The number of fused-ring (bicyclic) bond motifs is 1. The lowest BCUT2D eigenvalue weighted by molar-refractivity contribution is 0.102. The number of carbonyl (C=O) groups is 1. The van der Waals surface area contributed by atoms with E-state index in [1.165, 1.54) is 12.1 Å². The van der Waals surface area contributed by atoms with Crippen molar-refractivity contribution >= 4 is 51.4 Å². The monoisotopic (exact) mass is 406 g/mol. The van der Waals surface area contributed by atoms with E-state index in [0.29, 0.717) is 17.4 Å². The molecule has 0 spiro atoms. The van der Waals surface area contributed by atoms with E-state index >= 15 is 0 Å². The Labute approximate surface area is 165 Å². The second-order valence-electron chi connectivity index (χ2n) is 5.79. The Bertz CT molecular complexity index is 977. The molecule has 0 bridgehead atoms. The van der Waals surface area contributed by atoms with Crippen LogP contribution in [0.15, 0.2) is 42.6 Å². The molecule has 3 N–H and O–H groups in total. The number of nitrogens with one attached hydrogen (secondary N) is 3. The summed E-state index contributed by atoms with van der Waals surface area (Å²) in [6.45, 7) is 1.40. The quantitative estimate of drug-likeness (QED) is 0.524. The van der Waals surface area contributed by atoms with Crippen LogP contribution in [0, 0.1) is 5.82 Å². The minimum atomic E-state index is -0.534. The lowest BCUT2D eigenvalue weighted by Crippen LogP contribution is -2.18. The van der Waals surface area contributed by atoms with Crippen molar-refractivity contribution in [3.63, 3.8) is 0 Å². The molecule has 0 unspecified atom stereocenters. The third kappa shape index (κ3) is 4.30. The van der Waals surface area contributed by atoms with Gasteiger partial charge >= 0.3 is 0 Å². The van der Waals surface area contributed by atoms with Gasteiger partial charge in [0.15, 0.2) is 0 Å². The predicted molar refractivity (Wildman–Crippen MR) is 109 cm³/mol. The zero-order chi connectivity index (χ0) is 19.4. The lowest BCUT2D eigenvalue weighted by Gasteiger charge is -2.13. The maximum atomic E-state index is 14.2. The molecule has 140 valence electrons. The number of amides is 1. The van der Waals surface area contributed by atoms with Gasteiger partial charge < -0.3 is 16.0 Å². The summed E-state index contributed by atoms with van der Waals surface area (Å²) in [6.07, 6.45) is 1.60. The van der Waals surface area contributed by atoms with Gasteiger partial charge in [-0.05, 0) is 37.4 Å². The second-order valence-corrected chi connectivity index (χ2v) is 6.60. The van der Waals surface area contributed by atoms with Crippen molar-refractivity contribution in [3.8, 4) is 0 Å². The molecule has 1 heterocycles. The molecule has 3 aromatic rings. The van der Waals surface area contributed by atoms with Crippen LogP contribution >= 0.6 is 23.2 Å². The average molecular weight is 407 g/mol. The van der Waals surface area contributed by atoms with Crippen LogP contribution in [0.25, 0.3) is 10.9 Å². The number of aromatic nitrogens is 1. The second kappa shape index (κ2) is 8.52. The third-order valence-electron chi connectivity index (χ3n) is 3.94. The van der Waals surface area contributed by atoms with Gasteiger partial charge in [-0.3, -0.25) is 9.78 Å². The van der Waals surface area contributed by atoms with E-state index in [2.05, 4.69) is 20.9 Å². The number of hydrogen-bond donors (Lipinski definition) is 3. The van der Waals surface area contributed by atoms with Gasteiger partial charge in [-0.25, -0.2) is 4.39 Å². The maximum Gasteiger partial charge on any atom is 0.258 e. The minimum Gasteiger partial charge on any atom is -0.383 e. The Morgan fingerprint density at radius 1 is 1.11 bits per heavy atom. The molecule has 0 saturated heterocycles. The first-order valence-electron chi connectivity index (χ1n) is 8.23. The topological polar surface area (TPSA) is 66.1 Å². The van der Waals surface area contributed by atoms with E-state index in [4.69, 9.17) is 23.2 Å². The van der Waals surface area contributed by atoms with Gasteiger partial charge in [0.2, 0.25) is 0 Å². The highest BCUT2D eigenvalue weighted by atomic mass is 35.5. The van der Waals surface area contributed by atoms with Gasteiger partial charge in [-0.1, -0.05) is 29.3 Å². The highest BCUT2D eigenvalue weighted by molar-refractivity contribution is 6.40. The first-order valence-corrected chi connectivity index (χ1v) is 8.99. The summed E-state index contributed by atoms with van der Waals surface area (Å²) in [5, 5.41) is 9.91. The van der Waals surface area contributed by atoms with Gasteiger partial charge in [0, 0.05) is 30.4 Å². The van der Waals surface area contributed by atoms with E-state index in [1.807, 2.05) is 7.05 Å². The SMILES string of the molecule is CNCCNc1ccnc2c(NC(=O)c3c(Cl)cccc3Cl)cc(F)cc12. The van der Waals surface area contributed by atoms with E-state index in [-0.39, 0.29) is 21.3 Å². The van der Waals surface area contributed by atoms with Crippen LogP contribution in [-0.4, -0.2) is 31.0 Å². The largest absolute Gasteiger partial charge is 0.383 e. The highest BCUT2D eigenvalue weighted by Gasteiger charge is 2.17. The van der Waals surface area contributed by atoms with Crippen LogP contribution in [-0.2, 0) is 0 Å². The molecule has 1 amide bonds. The predicted octanol–water partition coefficient (Wildman–Crippen LogP) is 4.56. The van der Waals surface area contributed by atoms with Gasteiger partial charge in [0.25, 0.3) is 5.91 Å². The standard InChI is InChI=1S/C19H17Cl2FN4O/c1-23-7-8-24-15-5-6-25-18-12(15)9-11(22)10-16(18)26-19(27)17-13(20)3-2-4-14(17)21/h2-6,9-10,23H,7-8H2,1H3,(H,24,25)(H,26,27). The van der Waals surface area contributed by atoms with Crippen molar-refractivity contribution in [2.45, 2.75) is 0 Å². The number of carbonyl (C=O) groups excluding carboxylic acids is 1.